The summed E-state index contributed by atoms with van der Waals surface area (Å²) in [6.45, 7) is 7.29. The third kappa shape index (κ3) is 4.58. The Morgan fingerprint density at radius 3 is 2.61 bits per heavy atom. The SMILES string of the molecule is CCNC(CCCC(C)C)c1cccc(Cl)c1F. The van der Waals surface area contributed by atoms with E-state index in [1.807, 2.05) is 19.1 Å². The average Bonchev–Trinajstić information content (AvgIpc) is 2.31. The van der Waals surface area contributed by atoms with Crippen molar-refractivity contribution in [3.8, 4) is 0 Å². The largest absolute Gasteiger partial charge is 0.310 e. The van der Waals surface area contributed by atoms with Gasteiger partial charge in [0.2, 0.25) is 0 Å². The van der Waals surface area contributed by atoms with Crippen molar-refractivity contribution in [2.75, 3.05) is 6.54 Å². The van der Waals surface area contributed by atoms with Gasteiger partial charge in [-0.2, -0.15) is 0 Å². The van der Waals surface area contributed by atoms with Gasteiger partial charge in [0.25, 0.3) is 0 Å². The molecule has 1 aromatic rings. The van der Waals surface area contributed by atoms with E-state index in [0.29, 0.717) is 11.5 Å². The second-order valence-corrected chi connectivity index (χ2v) is 5.49. The number of benzene rings is 1. The summed E-state index contributed by atoms with van der Waals surface area (Å²) >= 11 is 5.84. The number of nitrogens with one attached hydrogen (secondary N) is 1. The zero-order valence-corrected chi connectivity index (χ0v) is 12.2. The van der Waals surface area contributed by atoms with E-state index in [2.05, 4.69) is 19.2 Å². The molecule has 0 radical (unpaired) electrons. The molecule has 0 saturated heterocycles. The van der Waals surface area contributed by atoms with E-state index < -0.39 is 0 Å². The van der Waals surface area contributed by atoms with Crippen LogP contribution in [-0.2, 0) is 0 Å². The maximum absolute atomic E-state index is 14.0. The minimum Gasteiger partial charge on any atom is -0.310 e. The van der Waals surface area contributed by atoms with Crippen molar-refractivity contribution in [1.82, 2.24) is 5.32 Å². The number of halogens is 2. The van der Waals surface area contributed by atoms with Gasteiger partial charge in [-0.05, 0) is 24.9 Å². The molecule has 0 aromatic heterocycles. The zero-order chi connectivity index (χ0) is 13.5. The summed E-state index contributed by atoms with van der Waals surface area (Å²) in [7, 11) is 0. The first-order chi connectivity index (χ1) is 8.56. The number of hydrogen-bond acceptors (Lipinski definition) is 1. The fourth-order valence-electron chi connectivity index (χ4n) is 2.13. The molecule has 1 unspecified atom stereocenters. The summed E-state index contributed by atoms with van der Waals surface area (Å²) in [4.78, 5) is 0. The molecular formula is C15H23ClFN. The van der Waals surface area contributed by atoms with Crippen molar-refractivity contribution in [1.29, 1.82) is 0 Å². The average molecular weight is 272 g/mol. The topological polar surface area (TPSA) is 12.0 Å². The normalized spacial score (nSPS) is 13.0. The second-order valence-electron chi connectivity index (χ2n) is 5.08. The third-order valence-corrected chi connectivity index (χ3v) is 3.37. The van der Waals surface area contributed by atoms with Crippen molar-refractivity contribution >= 4 is 11.6 Å². The van der Waals surface area contributed by atoms with Gasteiger partial charge in [0.1, 0.15) is 5.82 Å². The van der Waals surface area contributed by atoms with E-state index in [1.165, 1.54) is 6.42 Å². The summed E-state index contributed by atoms with van der Waals surface area (Å²) in [6, 6.07) is 5.29. The molecule has 0 fully saturated rings. The summed E-state index contributed by atoms with van der Waals surface area (Å²) in [5, 5.41) is 3.55. The molecule has 1 rings (SSSR count). The Bertz CT molecular complexity index is 366. The molecule has 0 aliphatic heterocycles. The van der Waals surface area contributed by atoms with Gasteiger partial charge in [-0.15, -0.1) is 0 Å². The Morgan fingerprint density at radius 1 is 1.28 bits per heavy atom. The zero-order valence-electron chi connectivity index (χ0n) is 11.5. The van der Waals surface area contributed by atoms with Crippen molar-refractivity contribution in [3.63, 3.8) is 0 Å². The molecule has 0 amide bonds. The Hall–Kier alpha value is -0.600. The first kappa shape index (κ1) is 15.5. The lowest BCUT2D eigenvalue weighted by Gasteiger charge is -2.20. The minimum absolute atomic E-state index is 0.0625. The van der Waals surface area contributed by atoms with Gasteiger partial charge in [0, 0.05) is 11.6 Å². The van der Waals surface area contributed by atoms with Crippen LogP contribution in [0, 0.1) is 11.7 Å². The third-order valence-electron chi connectivity index (χ3n) is 3.08. The van der Waals surface area contributed by atoms with E-state index >= 15 is 0 Å². The highest BCUT2D eigenvalue weighted by atomic mass is 35.5. The predicted octanol–water partition coefficient (Wildman–Crippen LogP) is 4.96. The standard InChI is InChI=1S/C15H23ClFN/c1-4-18-14(10-5-7-11(2)3)12-8-6-9-13(16)15(12)17/h6,8-9,11,14,18H,4-5,7,10H2,1-3H3. The van der Waals surface area contributed by atoms with Gasteiger partial charge >= 0.3 is 0 Å². The highest BCUT2D eigenvalue weighted by Crippen LogP contribution is 2.27. The van der Waals surface area contributed by atoms with Crippen LogP contribution in [0.2, 0.25) is 5.02 Å². The highest BCUT2D eigenvalue weighted by Gasteiger charge is 2.16. The maximum Gasteiger partial charge on any atom is 0.146 e. The molecule has 0 aliphatic carbocycles. The Labute approximate surface area is 115 Å². The fourth-order valence-corrected chi connectivity index (χ4v) is 2.32. The molecule has 1 aromatic carbocycles. The molecular weight excluding hydrogens is 249 g/mol. The molecule has 1 N–H and O–H groups in total. The van der Waals surface area contributed by atoms with Gasteiger partial charge < -0.3 is 5.32 Å². The van der Waals surface area contributed by atoms with E-state index in [1.54, 1.807) is 6.07 Å². The van der Waals surface area contributed by atoms with Crippen molar-refractivity contribution in [2.24, 2.45) is 5.92 Å². The first-order valence-electron chi connectivity index (χ1n) is 6.73. The van der Waals surface area contributed by atoms with E-state index in [4.69, 9.17) is 11.6 Å². The Kier molecular flexibility index (Phi) is 6.66. The van der Waals surface area contributed by atoms with Crippen LogP contribution in [0.5, 0.6) is 0 Å². The highest BCUT2D eigenvalue weighted by molar-refractivity contribution is 6.30. The quantitative estimate of drug-likeness (QED) is 0.739. The minimum atomic E-state index is -0.283. The van der Waals surface area contributed by atoms with Crippen LogP contribution in [0.25, 0.3) is 0 Å². The van der Waals surface area contributed by atoms with Crippen molar-refractivity contribution < 1.29 is 4.39 Å². The molecule has 0 saturated carbocycles. The van der Waals surface area contributed by atoms with Crippen LogP contribution in [-0.4, -0.2) is 6.54 Å². The lowest BCUT2D eigenvalue weighted by molar-refractivity contribution is 0.441. The second kappa shape index (κ2) is 7.75. The van der Waals surface area contributed by atoms with Crippen LogP contribution < -0.4 is 5.32 Å². The molecule has 0 bridgehead atoms. The monoisotopic (exact) mass is 271 g/mol. The summed E-state index contributed by atoms with van der Waals surface area (Å²) < 4.78 is 14.0. The molecule has 102 valence electrons. The molecule has 0 spiro atoms. The molecule has 0 heterocycles. The predicted molar refractivity (Wildman–Crippen MR) is 76.5 cm³/mol. The van der Waals surface area contributed by atoms with Crippen molar-refractivity contribution in [2.45, 2.75) is 46.1 Å². The molecule has 1 atom stereocenters. The van der Waals surface area contributed by atoms with Gasteiger partial charge in [0.05, 0.1) is 5.02 Å². The maximum atomic E-state index is 14.0. The smallest absolute Gasteiger partial charge is 0.146 e. The van der Waals surface area contributed by atoms with Crippen LogP contribution in [0.3, 0.4) is 0 Å². The molecule has 18 heavy (non-hydrogen) atoms. The van der Waals surface area contributed by atoms with Crippen LogP contribution in [0.1, 0.15) is 51.6 Å². The van der Waals surface area contributed by atoms with Gasteiger partial charge in [-0.25, -0.2) is 4.39 Å². The van der Waals surface area contributed by atoms with Crippen LogP contribution in [0.4, 0.5) is 4.39 Å². The van der Waals surface area contributed by atoms with E-state index in [0.717, 1.165) is 19.4 Å². The lowest BCUT2D eigenvalue weighted by Crippen LogP contribution is -2.22. The molecule has 1 nitrogen and oxygen atoms in total. The summed E-state index contributed by atoms with van der Waals surface area (Å²) in [6.07, 6.45) is 3.22. The Morgan fingerprint density at radius 2 is 2.00 bits per heavy atom. The summed E-state index contributed by atoms with van der Waals surface area (Å²) in [5.74, 6) is 0.408. The van der Waals surface area contributed by atoms with Gasteiger partial charge in [-0.3, -0.25) is 0 Å². The lowest BCUT2D eigenvalue weighted by atomic mass is 9.97. The molecule has 0 aliphatic rings. The van der Waals surface area contributed by atoms with E-state index in [9.17, 15) is 4.39 Å². The van der Waals surface area contributed by atoms with E-state index in [-0.39, 0.29) is 16.9 Å². The first-order valence-corrected chi connectivity index (χ1v) is 7.11. The van der Waals surface area contributed by atoms with Gasteiger partial charge in [0.15, 0.2) is 0 Å². The summed E-state index contributed by atoms with van der Waals surface area (Å²) in [5.41, 5.74) is 0.688. The van der Waals surface area contributed by atoms with Gasteiger partial charge in [-0.1, -0.05) is 57.3 Å². The Balaban J connectivity index is 2.74. The van der Waals surface area contributed by atoms with Crippen LogP contribution >= 0.6 is 11.6 Å². The molecule has 3 heteroatoms. The fraction of sp³-hybridized carbons (Fsp3) is 0.600. The van der Waals surface area contributed by atoms with Crippen LogP contribution in [0.15, 0.2) is 18.2 Å². The van der Waals surface area contributed by atoms with Crippen molar-refractivity contribution in [3.05, 3.63) is 34.6 Å². The number of rotatable bonds is 7. The number of hydrogen-bond donors (Lipinski definition) is 1.